The molecule has 1 N–H and O–H groups in total. The number of piperidine rings is 1. The van der Waals surface area contributed by atoms with Crippen molar-refractivity contribution in [3.05, 3.63) is 29.6 Å². The van der Waals surface area contributed by atoms with Crippen LogP contribution in [0, 0.1) is 19.8 Å². The molecule has 1 fully saturated rings. The molecule has 22 heavy (non-hydrogen) atoms. The minimum absolute atomic E-state index is 0.221. The summed E-state index contributed by atoms with van der Waals surface area (Å²) < 4.78 is 1.81. The summed E-state index contributed by atoms with van der Waals surface area (Å²) in [7, 11) is 0. The number of hydrogen-bond donors (Lipinski definition) is 1. The molecule has 6 heteroatoms. The highest BCUT2D eigenvalue weighted by atomic mass is 16.3. The van der Waals surface area contributed by atoms with Crippen molar-refractivity contribution in [3.8, 4) is 5.82 Å². The lowest BCUT2D eigenvalue weighted by Crippen LogP contribution is -2.37. The van der Waals surface area contributed by atoms with E-state index in [0.29, 0.717) is 5.92 Å². The molecular formula is C16H23N5O. The number of aliphatic hydroxyl groups is 1. The van der Waals surface area contributed by atoms with Gasteiger partial charge in [-0.25, -0.2) is 4.68 Å². The van der Waals surface area contributed by atoms with Crippen LogP contribution in [0.5, 0.6) is 0 Å². The number of hydrogen-bond acceptors (Lipinski definition) is 5. The molecule has 2 aromatic heterocycles. The van der Waals surface area contributed by atoms with Crippen molar-refractivity contribution >= 4 is 5.82 Å². The predicted octanol–water partition coefficient (Wildman–Crippen LogP) is 1.88. The van der Waals surface area contributed by atoms with E-state index in [-0.39, 0.29) is 6.10 Å². The van der Waals surface area contributed by atoms with Crippen molar-refractivity contribution < 1.29 is 5.11 Å². The van der Waals surface area contributed by atoms with Gasteiger partial charge in [0.15, 0.2) is 11.6 Å². The van der Waals surface area contributed by atoms with E-state index in [1.54, 1.807) is 0 Å². The van der Waals surface area contributed by atoms with Gasteiger partial charge in [-0.05, 0) is 57.7 Å². The quantitative estimate of drug-likeness (QED) is 0.937. The lowest BCUT2D eigenvalue weighted by molar-refractivity contribution is 0.109. The van der Waals surface area contributed by atoms with Gasteiger partial charge in [0.1, 0.15) is 0 Å². The van der Waals surface area contributed by atoms with Gasteiger partial charge in [0.05, 0.1) is 11.8 Å². The molecule has 2 aromatic rings. The van der Waals surface area contributed by atoms with E-state index >= 15 is 0 Å². The Morgan fingerprint density at radius 2 is 1.77 bits per heavy atom. The van der Waals surface area contributed by atoms with Crippen molar-refractivity contribution in [2.45, 2.75) is 39.7 Å². The number of nitrogens with zero attached hydrogens (tertiary/aromatic N) is 5. The molecule has 0 bridgehead atoms. The average molecular weight is 301 g/mol. The second kappa shape index (κ2) is 6.04. The van der Waals surface area contributed by atoms with Gasteiger partial charge in [0, 0.05) is 18.8 Å². The molecule has 0 spiro atoms. The van der Waals surface area contributed by atoms with Gasteiger partial charge in [0.25, 0.3) is 0 Å². The zero-order valence-corrected chi connectivity index (χ0v) is 13.4. The van der Waals surface area contributed by atoms with Crippen LogP contribution in [0.1, 0.15) is 31.2 Å². The molecule has 0 unspecified atom stereocenters. The lowest BCUT2D eigenvalue weighted by atomic mass is 9.92. The second-order valence-corrected chi connectivity index (χ2v) is 6.15. The standard InChI is InChI=1S/C16H23N5O/c1-11-10-12(2)21(19-11)16-5-4-15(17-18-16)20-8-6-14(7-9-20)13(3)22/h4-5,10,13-14,22H,6-9H2,1-3H3/t13-/m0/s1. The lowest BCUT2D eigenvalue weighted by Gasteiger charge is -2.33. The van der Waals surface area contributed by atoms with Gasteiger partial charge in [-0.15, -0.1) is 10.2 Å². The first-order valence-electron chi connectivity index (χ1n) is 7.85. The number of anilines is 1. The highest BCUT2D eigenvalue weighted by Crippen LogP contribution is 2.24. The Balaban J connectivity index is 1.71. The molecule has 0 radical (unpaired) electrons. The Morgan fingerprint density at radius 1 is 1.14 bits per heavy atom. The fraction of sp³-hybridized carbons (Fsp3) is 0.562. The summed E-state index contributed by atoms with van der Waals surface area (Å²) in [5.41, 5.74) is 2.03. The van der Waals surface area contributed by atoms with Gasteiger partial charge in [-0.2, -0.15) is 5.10 Å². The largest absolute Gasteiger partial charge is 0.393 e. The number of aromatic nitrogens is 4. The van der Waals surface area contributed by atoms with Crippen LogP contribution in [-0.2, 0) is 0 Å². The molecule has 118 valence electrons. The third-order valence-electron chi connectivity index (χ3n) is 4.41. The summed E-state index contributed by atoms with van der Waals surface area (Å²) >= 11 is 0. The van der Waals surface area contributed by atoms with Crippen molar-refractivity contribution in [3.63, 3.8) is 0 Å². The molecule has 3 rings (SSSR count). The first-order chi connectivity index (χ1) is 10.5. The number of aliphatic hydroxyl groups excluding tert-OH is 1. The fourth-order valence-corrected chi connectivity index (χ4v) is 3.07. The molecule has 0 aliphatic carbocycles. The van der Waals surface area contributed by atoms with Crippen LogP contribution in [0.4, 0.5) is 5.82 Å². The summed E-state index contributed by atoms with van der Waals surface area (Å²) in [5.74, 6) is 2.04. The zero-order chi connectivity index (χ0) is 15.7. The van der Waals surface area contributed by atoms with Crippen molar-refractivity contribution in [2.75, 3.05) is 18.0 Å². The molecule has 1 saturated heterocycles. The minimum Gasteiger partial charge on any atom is -0.393 e. The highest BCUT2D eigenvalue weighted by Gasteiger charge is 2.23. The van der Waals surface area contributed by atoms with Gasteiger partial charge in [-0.3, -0.25) is 0 Å². The van der Waals surface area contributed by atoms with Crippen LogP contribution in [0.2, 0.25) is 0 Å². The van der Waals surface area contributed by atoms with E-state index in [9.17, 15) is 5.11 Å². The minimum atomic E-state index is -0.221. The third-order valence-corrected chi connectivity index (χ3v) is 4.41. The van der Waals surface area contributed by atoms with Crippen LogP contribution in [0.15, 0.2) is 18.2 Å². The van der Waals surface area contributed by atoms with Crippen LogP contribution in [-0.4, -0.2) is 44.3 Å². The average Bonchev–Trinajstić information content (AvgIpc) is 2.86. The van der Waals surface area contributed by atoms with E-state index in [0.717, 1.165) is 49.0 Å². The normalized spacial score (nSPS) is 17.7. The third kappa shape index (κ3) is 2.97. The van der Waals surface area contributed by atoms with Gasteiger partial charge >= 0.3 is 0 Å². The maximum absolute atomic E-state index is 9.67. The van der Waals surface area contributed by atoms with E-state index in [4.69, 9.17) is 0 Å². The Hall–Kier alpha value is -1.95. The zero-order valence-electron chi connectivity index (χ0n) is 13.4. The summed E-state index contributed by atoms with van der Waals surface area (Å²) in [4.78, 5) is 2.23. The second-order valence-electron chi connectivity index (χ2n) is 6.15. The first-order valence-corrected chi connectivity index (χ1v) is 7.85. The monoisotopic (exact) mass is 301 g/mol. The molecule has 1 atom stereocenters. The van der Waals surface area contributed by atoms with E-state index in [2.05, 4.69) is 20.2 Å². The summed E-state index contributed by atoms with van der Waals surface area (Å²) in [6.07, 6.45) is 1.78. The first kappa shape index (κ1) is 15.0. The SMILES string of the molecule is Cc1cc(C)n(-c2ccc(N3CCC([C@H](C)O)CC3)nn2)n1. The predicted molar refractivity (Wildman–Crippen MR) is 85.2 cm³/mol. The van der Waals surface area contributed by atoms with Gasteiger partial charge in [-0.1, -0.05) is 0 Å². The molecule has 0 aromatic carbocycles. The maximum atomic E-state index is 9.67. The van der Waals surface area contributed by atoms with Crippen molar-refractivity contribution in [2.24, 2.45) is 5.92 Å². The van der Waals surface area contributed by atoms with Crippen LogP contribution in [0.3, 0.4) is 0 Å². The molecule has 3 heterocycles. The maximum Gasteiger partial charge on any atom is 0.176 e. The molecule has 0 saturated carbocycles. The molecule has 1 aliphatic rings. The highest BCUT2D eigenvalue weighted by molar-refractivity contribution is 5.40. The van der Waals surface area contributed by atoms with Crippen LogP contribution < -0.4 is 4.90 Å². The number of aryl methyl sites for hydroxylation is 2. The molecule has 6 nitrogen and oxygen atoms in total. The summed E-state index contributed by atoms with van der Waals surface area (Å²) in [5, 5.41) is 22.8. The van der Waals surface area contributed by atoms with E-state index in [1.807, 2.05) is 43.7 Å². The van der Waals surface area contributed by atoms with Gasteiger partial charge < -0.3 is 10.0 Å². The Bertz CT molecular complexity index is 626. The van der Waals surface area contributed by atoms with Crippen molar-refractivity contribution in [1.29, 1.82) is 0 Å². The van der Waals surface area contributed by atoms with Gasteiger partial charge in [0.2, 0.25) is 0 Å². The Labute approximate surface area is 130 Å². The molecule has 1 aliphatic heterocycles. The summed E-state index contributed by atoms with van der Waals surface area (Å²) in [6.45, 7) is 7.70. The van der Waals surface area contributed by atoms with E-state index in [1.165, 1.54) is 0 Å². The van der Waals surface area contributed by atoms with Crippen LogP contribution >= 0.6 is 0 Å². The number of rotatable bonds is 3. The summed E-state index contributed by atoms with van der Waals surface area (Å²) in [6, 6.07) is 5.99. The smallest absolute Gasteiger partial charge is 0.176 e. The van der Waals surface area contributed by atoms with Crippen LogP contribution in [0.25, 0.3) is 5.82 Å². The van der Waals surface area contributed by atoms with E-state index < -0.39 is 0 Å². The molecule has 0 amide bonds. The Morgan fingerprint density at radius 3 is 2.27 bits per heavy atom. The Kier molecular flexibility index (Phi) is 4.11. The fourth-order valence-electron chi connectivity index (χ4n) is 3.07. The molecular weight excluding hydrogens is 278 g/mol. The topological polar surface area (TPSA) is 67.1 Å². The van der Waals surface area contributed by atoms with Crippen molar-refractivity contribution in [1.82, 2.24) is 20.0 Å².